The van der Waals surface area contributed by atoms with Gasteiger partial charge in [0.1, 0.15) is 0 Å². The van der Waals surface area contributed by atoms with Crippen LogP contribution in [-0.2, 0) is 0 Å². The third-order valence-corrected chi connectivity index (χ3v) is 5.41. The predicted molar refractivity (Wildman–Crippen MR) is 88.1 cm³/mol. The molecule has 0 radical (unpaired) electrons. The van der Waals surface area contributed by atoms with E-state index in [1.807, 2.05) is 18.2 Å². The van der Waals surface area contributed by atoms with Crippen LogP contribution < -0.4 is 0 Å². The summed E-state index contributed by atoms with van der Waals surface area (Å²) in [5.41, 5.74) is 0. The van der Waals surface area contributed by atoms with Crippen molar-refractivity contribution in [2.45, 2.75) is 24.2 Å². The van der Waals surface area contributed by atoms with Gasteiger partial charge in [0.25, 0.3) is 0 Å². The molecular formula is C15H21Cl2NOS. The van der Waals surface area contributed by atoms with Crippen LogP contribution in [0.1, 0.15) is 19.3 Å². The lowest BCUT2D eigenvalue weighted by atomic mass is 9.95. The number of hydrogen-bond acceptors (Lipinski definition) is 3. The largest absolute Gasteiger partial charge is 0.396 e. The molecule has 1 aromatic rings. The van der Waals surface area contributed by atoms with Crippen LogP contribution in [0.5, 0.6) is 0 Å². The Kier molecular flexibility index (Phi) is 6.99. The third kappa shape index (κ3) is 5.12. The summed E-state index contributed by atoms with van der Waals surface area (Å²) in [5.74, 6) is 1.68. The van der Waals surface area contributed by atoms with Crippen LogP contribution in [0.2, 0.25) is 10.0 Å². The summed E-state index contributed by atoms with van der Waals surface area (Å²) in [5, 5.41) is 10.5. The zero-order valence-electron chi connectivity index (χ0n) is 11.5. The van der Waals surface area contributed by atoms with E-state index >= 15 is 0 Å². The quantitative estimate of drug-likeness (QED) is 0.790. The number of thioether (sulfide) groups is 1. The summed E-state index contributed by atoms with van der Waals surface area (Å²) in [6.45, 7) is 3.66. The summed E-state index contributed by atoms with van der Waals surface area (Å²) in [6.07, 6.45) is 3.43. The Hall–Kier alpha value is 0.0700. The average Bonchev–Trinajstić information content (AvgIpc) is 2.43. The second kappa shape index (κ2) is 8.50. The number of aliphatic hydroxyl groups is 1. The van der Waals surface area contributed by atoms with Gasteiger partial charge in [0.15, 0.2) is 0 Å². The lowest BCUT2D eigenvalue weighted by Crippen LogP contribution is -2.37. The van der Waals surface area contributed by atoms with Crippen molar-refractivity contribution < 1.29 is 5.11 Å². The number of aliphatic hydroxyl groups excluding tert-OH is 1. The Morgan fingerprint density at radius 2 is 2.20 bits per heavy atom. The number of benzene rings is 1. The number of piperidine rings is 1. The minimum absolute atomic E-state index is 0.311. The first-order chi connectivity index (χ1) is 9.69. The molecule has 1 N–H and O–H groups in total. The molecule has 1 aromatic carbocycles. The van der Waals surface area contributed by atoms with Crippen molar-refractivity contribution in [1.82, 2.24) is 4.90 Å². The molecule has 0 saturated carbocycles. The fourth-order valence-electron chi connectivity index (χ4n) is 2.65. The lowest BCUT2D eigenvalue weighted by molar-refractivity contribution is 0.154. The van der Waals surface area contributed by atoms with Gasteiger partial charge in [0.05, 0.1) is 5.02 Å². The van der Waals surface area contributed by atoms with Crippen LogP contribution in [0.4, 0.5) is 0 Å². The Morgan fingerprint density at radius 1 is 1.35 bits per heavy atom. The maximum atomic E-state index is 9.04. The fourth-order valence-corrected chi connectivity index (χ4v) is 4.15. The fraction of sp³-hybridized carbons (Fsp3) is 0.600. The summed E-state index contributed by atoms with van der Waals surface area (Å²) < 4.78 is 0. The van der Waals surface area contributed by atoms with Crippen LogP contribution >= 0.6 is 35.0 Å². The molecule has 0 spiro atoms. The monoisotopic (exact) mass is 333 g/mol. The molecule has 112 valence electrons. The smallest absolute Gasteiger partial charge is 0.0542 e. The van der Waals surface area contributed by atoms with Crippen LogP contribution in [0.15, 0.2) is 23.1 Å². The summed E-state index contributed by atoms with van der Waals surface area (Å²) in [4.78, 5) is 3.55. The van der Waals surface area contributed by atoms with Gasteiger partial charge in [-0.25, -0.2) is 0 Å². The topological polar surface area (TPSA) is 23.5 Å². The molecule has 0 bridgehead atoms. The number of hydrogen-bond donors (Lipinski definition) is 1. The van der Waals surface area contributed by atoms with Gasteiger partial charge in [0.2, 0.25) is 0 Å². The Bertz CT molecular complexity index is 428. The minimum atomic E-state index is 0.311. The summed E-state index contributed by atoms with van der Waals surface area (Å²) in [7, 11) is 0. The number of rotatable bonds is 6. The minimum Gasteiger partial charge on any atom is -0.396 e. The van der Waals surface area contributed by atoms with Gasteiger partial charge in [-0.1, -0.05) is 23.2 Å². The maximum absolute atomic E-state index is 9.04. The highest BCUT2D eigenvalue weighted by atomic mass is 35.5. The zero-order chi connectivity index (χ0) is 14.4. The van der Waals surface area contributed by atoms with E-state index in [1.165, 1.54) is 19.4 Å². The number of likely N-dealkylation sites (tertiary alicyclic amines) is 1. The van der Waals surface area contributed by atoms with Crippen molar-refractivity contribution in [3.8, 4) is 0 Å². The van der Waals surface area contributed by atoms with Crippen molar-refractivity contribution in [2.75, 3.05) is 32.0 Å². The second-order valence-electron chi connectivity index (χ2n) is 5.24. The molecule has 1 atom stereocenters. The Balaban J connectivity index is 1.76. The normalized spacial score (nSPS) is 20.2. The molecule has 0 amide bonds. The van der Waals surface area contributed by atoms with Crippen molar-refractivity contribution in [2.24, 2.45) is 5.92 Å². The van der Waals surface area contributed by atoms with Gasteiger partial charge < -0.3 is 10.0 Å². The van der Waals surface area contributed by atoms with Crippen molar-refractivity contribution in [3.63, 3.8) is 0 Å². The molecule has 20 heavy (non-hydrogen) atoms. The SMILES string of the molecule is OCCC1CCCN(CCSc2cc(Cl)ccc2Cl)C1. The first kappa shape index (κ1) is 16.4. The standard InChI is InChI=1S/C15H21Cl2NOS/c16-13-3-4-14(17)15(10-13)20-9-7-18-6-1-2-12(11-18)5-8-19/h3-4,10,12,19H,1-2,5-9,11H2. The Morgan fingerprint density at radius 3 is 3.00 bits per heavy atom. The molecule has 1 aliphatic heterocycles. The molecular weight excluding hydrogens is 313 g/mol. The predicted octanol–water partition coefficient (Wildman–Crippen LogP) is 4.18. The van der Waals surface area contributed by atoms with E-state index in [4.69, 9.17) is 28.3 Å². The Labute approximate surface area is 135 Å². The average molecular weight is 334 g/mol. The molecule has 1 heterocycles. The second-order valence-corrected chi connectivity index (χ2v) is 7.22. The molecule has 1 saturated heterocycles. The van der Waals surface area contributed by atoms with E-state index in [1.54, 1.807) is 11.8 Å². The van der Waals surface area contributed by atoms with E-state index in [9.17, 15) is 0 Å². The number of nitrogens with zero attached hydrogens (tertiary/aromatic N) is 1. The van der Waals surface area contributed by atoms with E-state index in [0.717, 1.165) is 40.2 Å². The van der Waals surface area contributed by atoms with Crippen molar-refractivity contribution in [3.05, 3.63) is 28.2 Å². The van der Waals surface area contributed by atoms with Gasteiger partial charge in [-0.2, -0.15) is 0 Å². The molecule has 0 aromatic heterocycles. The van der Waals surface area contributed by atoms with E-state index < -0.39 is 0 Å². The molecule has 2 rings (SSSR count). The zero-order valence-corrected chi connectivity index (χ0v) is 13.9. The van der Waals surface area contributed by atoms with Crippen molar-refractivity contribution >= 4 is 35.0 Å². The van der Waals surface area contributed by atoms with Crippen LogP contribution in [0.25, 0.3) is 0 Å². The van der Waals surface area contributed by atoms with Gasteiger partial charge in [0, 0.05) is 35.4 Å². The molecule has 2 nitrogen and oxygen atoms in total. The van der Waals surface area contributed by atoms with Crippen LogP contribution in [0.3, 0.4) is 0 Å². The van der Waals surface area contributed by atoms with Crippen LogP contribution in [0, 0.1) is 5.92 Å². The highest BCUT2D eigenvalue weighted by molar-refractivity contribution is 7.99. The molecule has 1 aliphatic rings. The van der Waals surface area contributed by atoms with Gasteiger partial charge in [-0.3, -0.25) is 0 Å². The first-order valence-corrected chi connectivity index (χ1v) is 8.84. The highest BCUT2D eigenvalue weighted by Gasteiger charge is 2.19. The van der Waals surface area contributed by atoms with E-state index in [0.29, 0.717) is 12.5 Å². The van der Waals surface area contributed by atoms with Gasteiger partial charge in [-0.15, -0.1) is 11.8 Å². The van der Waals surface area contributed by atoms with Gasteiger partial charge in [-0.05, 0) is 49.9 Å². The third-order valence-electron chi connectivity index (χ3n) is 3.70. The maximum Gasteiger partial charge on any atom is 0.0542 e. The van der Waals surface area contributed by atoms with Gasteiger partial charge >= 0.3 is 0 Å². The number of halogens is 2. The highest BCUT2D eigenvalue weighted by Crippen LogP contribution is 2.30. The lowest BCUT2D eigenvalue weighted by Gasteiger charge is -2.32. The molecule has 5 heteroatoms. The summed E-state index contributed by atoms with van der Waals surface area (Å²) >= 11 is 13.9. The molecule has 0 aliphatic carbocycles. The van der Waals surface area contributed by atoms with Crippen molar-refractivity contribution in [1.29, 1.82) is 0 Å². The van der Waals surface area contributed by atoms with E-state index in [-0.39, 0.29) is 0 Å². The van der Waals surface area contributed by atoms with E-state index in [2.05, 4.69) is 4.90 Å². The van der Waals surface area contributed by atoms with Crippen LogP contribution in [-0.4, -0.2) is 42.0 Å². The summed E-state index contributed by atoms with van der Waals surface area (Å²) in [6, 6.07) is 5.60. The first-order valence-electron chi connectivity index (χ1n) is 7.10. The molecule has 1 fully saturated rings. The molecule has 1 unspecified atom stereocenters.